The monoisotopic (exact) mass is 226 g/mol. The van der Waals surface area contributed by atoms with Crippen LogP contribution in [0.5, 0.6) is 0 Å². The fraction of sp³-hybridized carbons (Fsp3) is 0.250. The van der Waals surface area contributed by atoms with E-state index >= 15 is 0 Å². The lowest BCUT2D eigenvalue weighted by Gasteiger charge is -2.00. The van der Waals surface area contributed by atoms with Crippen LogP contribution in [0.4, 0.5) is 0 Å². The molecule has 0 fully saturated rings. The van der Waals surface area contributed by atoms with Gasteiger partial charge in [0.2, 0.25) is 0 Å². The third kappa shape index (κ3) is 1.22. The molecule has 0 amide bonds. The van der Waals surface area contributed by atoms with E-state index in [1.807, 2.05) is 18.2 Å². The number of benzene rings is 1. The lowest BCUT2D eigenvalue weighted by Crippen LogP contribution is -1.82. The first-order valence-corrected chi connectivity index (χ1v) is 4.55. The molecule has 0 radical (unpaired) electrons. The van der Waals surface area contributed by atoms with E-state index < -0.39 is 0 Å². The maximum atomic E-state index is 4.58. The normalized spacial score (nSPS) is 13.5. The highest BCUT2D eigenvalue weighted by molar-refractivity contribution is 9.09. The molecule has 1 atom stereocenters. The predicted octanol–water partition coefficient (Wildman–Crippen LogP) is 2.68. The zero-order chi connectivity index (χ0) is 8.55. The molecule has 0 saturated carbocycles. The summed E-state index contributed by atoms with van der Waals surface area (Å²) in [4.78, 5) is 0.332. The molecule has 2 aromatic rings. The number of hydrogen-bond acceptors (Lipinski definition) is 3. The van der Waals surface area contributed by atoms with Crippen molar-refractivity contribution in [2.45, 2.75) is 11.8 Å². The molecule has 12 heavy (non-hydrogen) atoms. The maximum Gasteiger partial charge on any atom is 0.135 e. The number of hydrogen-bond donors (Lipinski definition) is 0. The van der Waals surface area contributed by atoms with Crippen molar-refractivity contribution in [2.75, 3.05) is 0 Å². The molecular weight excluding hydrogens is 220 g/mol. The summed E-state index contributed by atoms with van der Waals surface area (Å²) in [7, 11) is 0. The van der Waals surface area contributed by atoms with Crippen LogP contribution >= 0.6 is 15.9 Å². The number of rotatable bonds is 1. The van der Waals surface area contributed by atoms with Crippen LogP contribution in [-0.4, -0.2) is 10.3 Å². The van der Waals surface area contributed by atoms with Gasteiger partial charge in [0.25, 0.3) is 0 Å². The summed E-state index contributed by atoms with van der Waals surface area (Å²) in [5, 5.41) is 7.47. The molecule has 1 aromatic carbocycles. The maximum absolute atomic E-state index is 4.58. The van der Waals surface area contributed by atoms with Crippen molar-refractivity contribution >= 4 is 27.0 Å². The summed E-state index contributed by atoms with van der Waals surface area (Å²) in [6.45, 7) is 2.06. The average Bonchev–Trinajstić information content (AvgIpc) is 2.49. The summed E-state index contributed by atoms with van der Waals surface area (Å²) in [6, 6.07) is 5.87. The van der Waals surface area contributed by atoms with Crippen LogP contribution in [0.25, 0.3) is 11.0 Å². The number of fused-ring (bicyclic) bond motifs is 1. The van der Waals surface area contributed by atoms with Gasteiger partial charge in [-0.3, -0.25) is 0 Å². The second-order valence-corrected chi connectivity index (χ2v) is 4.00. The van der Waals surface area contributed by atoms with Gasteiger partial charge in [-0.15, -0.1) is 0 Å². The van der Waals surface area contributed by atoms with Gasteiger partial charge in [-0.05, 0) is 34.9 Å². The smallest absolute Gasteiger partial charge is 0.135 e. The van der Waals surface area contributed by atoms with Gasteiger partial charge in [-0.25, -0.2) is 4.63 Å². The topological polar surface area (TPSA) is 38.9 Å². The van der Waals surface area contributed by atoms with Crippen LogP contribution < -0.4 is 0 Å². The average molecular weight is 227 g/mol. The molecule has 1 heterocycles. The van der Waals surface area contributed by atoms with Crippen molar-refractivity contribution in [3.05, 3.63) is 23.8 Å². The zero-order valence-electron chi connectivity index (χ0n) is 6.49. The summed E-state index contributed by atoms with van der Waals surface area (Å²) in [5.74, 6) is 0. The Hall–Kier alpha value is -0.900. The van der Waals surface area contributed by atoms with Crippen LogP contribution in [0.2, 0.25) is 0 Å². The van der Waals surface area contributed by atoms with Crippen molar-refractivity contribution in [1.29, 1.82) is 0 Å². The SMILES string of the molecule is CC(Br)c1ccc2nonc2c1. The van der Waals surface area contributed by atoms with Crippen LogP contribution in [-0.2, 0) is 0 Å². The number of nitrogens with zero attached hydrogens (tertiary/aromatic N) is 2. The Balaban J connectivity index is 2.60. The van der Waals surface area contributed by atoms with Gasteiger partial charge in [0.1, 0.15) is 11.0 Å². The molecule has 0 aliphatic carbocycles. The van der Waals surface area contributed by atoms with Crippen LogP contribution in [0.1, 0.15) is 17.3 Å². The van der Waals surface area contributed by atoms with E-state index in [2.05, 4.69) is 37.8 Å². The Morgan fingerprint density at radius 3 is 2.83 bits per heavy atom. The minimum atomic E-state index is 0.332. The van der Waals surface area contributed by atoms with Gasteiger partial charge in [-0.1, -0.05) is 22.0 Å². The van der Waals surface area contributed by atoms with Crippen molar-refractivity contribution in [1.82, 2.24) is 10.3 Å². The Morgan fingerprint density at radius 2 is 2.08 bits per heavy atom. The molecule has 62 valence electrons. The van der Waals surface area contributed by atoms with Crippen molar-refractivity contribution in [3.63, 3.8) is 0 Å². The highest BCUT2D eigenvalue weighted by Crippen LogP contribution is 2.23. The summed E-state index contributed by atoms with van der Waals surface area (Å²) >= 11 is 3.48. The second kappa shape index (κ2) is 2.86. The third-order valence-corrected chi connectivity index (χ3v) is 2.27. The number of alkyl halides is 1. The van der Waals surface area contributed by atoms with E-state index in [1.54, 1.807) is 0 Å². The molecule has 0 saturated heterocycles. The van der Waals surface area contributed by atoms with Gasteiger partial charge in [-0.2, -0.15) is 0 Å². The minimum Gasteiger partial charge on any atom is -0.243 e. The van der Waals surface area contributed by atoms with E-state index in [0.29, 0.717) is 4.83 Å². The van der Waals surface area contributed by atoms with E-state index in [4.69, 9.17) is 0 Å². The molecule has 3 nitrogen and oxygen atoms in total. The summed E-state index contributed by atoms with van der Waals surface area (Å²) < 4.78 is 4.58. The summed E-state index contributed by atoms with van der Waals surface area (Å²) in [6.07, 6.45) is 0. The van der Waals surface area contributed by atoms with Crippen LogP contribution in [0.15, 0.2) is 22.8 Å². The molecule has 0 spiro atoms. The lowest BCUT2D eigenvalue weighted by atomic mass is 10.1. The molecule has 0 aliphatic heterocycles. The van der Waals surface area contributed by atoms with Crippen molar-refractivity contribution in [2.24, 2.45) is 0 Å². The standard InChI is InChI=1S/C8H7BrN2O/c1-5(9)6-2-3-7-8(4-6)11-12-10-7/h2-5H,1H3. The van der Waals surface area contributed by atoms with Gasteiger partial charge in [0.05, 0.1) is 0 Å². The van der Waals surface area contributed by atoms with Crippen LogP contribution in [0.3, 0.4) is 0 Å². The van der Waals surface area contributed by atoms with E-state index in [1.165, 1.54) is 5.56 Å². The fourth-order valence-corrected chi connectivity index (χ4v) is 1.33. The number of halogens is 1. The Bertz CT molecular complexity index is 397. The van der Waals surface area contributed by atoms with E-state index in [-0.39, 0.29) is 0 Å². The quantitative estimate of drug-likeness (QED) is 0.703. The van der Waals surface area contributed by atoms with Gasteiger partial charge >= 0.3 is 0 Å². The molecule has 4 heteroatoms. The third-order valence-electron chi connectivity index (χ3n) is 1.74. The number of aromatic nitrogens is 2. The first kappa shape index (κ1) is 7.73. The first-order chi connectivity index (χ1) is 5.77. The van der Waals surface area contributed by atoms with E-state index in [0.717, 1.165) is 11.0 Å². The van der Waals surface area contributed by atoms with Crippen LogP contribution in [0, 0.1) is 0 Å². The van der Waals surface area contributed by atoms with E-state index in [9.17, 15) is 0 Å². The molecule has 2 rings (SSSR count). The molecule has 1 aromatic heterocycles. The largest absolute Gasteiger partial charge is 0.243 e. The second-order valence-electron chi connectivity index (χ2n) is 2.63. The fourth-order valence-electron chi connectivity index (χ4n) is 1.05. The summed E-state index contributed by atoms with van der Waals surface area (Å²) in [5.41, 5.74) is 2.78. The van der Waals surface area contributed by atoms with Crippen molar-refractivity contribution in [3.8, 4) is 0 Å². The zero-order valence-corrected chi connectivity index (χ0v) is 8.08. The molecular formula is C8H7BrN2O. The van der Waals surface area contributed by atoms with Gasteiger partial charge in [0.15, 0.2) is 0 Å². The molecule has 0 N–H and O–H groups in total. The Kier molecular flexibility index (Phi) is 1.84. The predicted molar refractivity (Wildman–Crippen MR) is 49.1 cm³/mol. The molecule has 1 unspecified atom stereocenters. The molecule has 0 bridgehead atoms. The lowest BCUT2D eigenvalue weighted by molar-refractivity contribution is 0.315. The van der Waals surface area contributed by atoms with Gasteiger partial charge in [0, 0.05) is 4.83 Å². The van der Waals surface area contributed by atoms with Gasteiger partial charge < -0.3 is 0 Å². The Morgan fingerprint density at radius 1 is 1.33 bits per heavy atom. The Labute approximate surface area is 77.8 Å². The molecule has 0 aliphatic rings. The minimum absolute atomic E-state index is 0.332. The van der Waals surface area contributed by atoms with Crippen molar-refractivity contribution < 1.29 is 4.63 Å². The highest BCUT2D eigenvalue weighted by Gasteiger charge is 2.04. The first-order valence-electron chi connectivity index (χ1n) is 3.63. The highest BCUT2D eigenvalue weighted by atomic mass is 79.9.